The quantitative estimate of drug-likeness (QED) is 0.501. The maximum atomic E-state index is 13.4. The molecule has 0 saturated carbocycles. The summed E-state index contributed by atoms with van der Waals surface area (Å²) in [6.07, 6.45) is 0. The van der Waals surface area contributed by atoms with E-state index in [1.165, 1.54) is 18.2 Å². The lowest BCUT2D eigenvalue weighted by molar-refractivity contribution is 0.213. The molecule has 0 spiro atoms. The molecule has 0 bridgehead atoms. The Morgan fingerprint density at radius 1 is 1.13 bits per heavy atom. The molecule has 0 radical (unpaired) electrons. The Morgan fingerprint density at radius 2 is 1.90 bits per heavy atom. The van der Waals surface area contributed by atoms with Crippen LogP contribution in [-0.4, -0.2) is 23.2 Å². The smallest absolute Gasteiger partial charge is 0.323 e. The Hall–Kier alpha value is -2.70. The molecule has 0 aromatic heterocycles. The summed E-state index contributed by atoms with van der Waals surface area (Å²) in [6, 6.07) is 21.6. The molecule has 3 aromatic rings. The van der Waals surface area contributed by atoms with Gasteiger partial charge in [-0.25, -0.2) is 9.18 Å². The average molecular weight is 443 g/mol. The van der Waals surface area contributed by atoms with Crippen LogP contribution in [0.1, 0.15) is 16.5 Å². The summed E-state index contributed by atoms with van der Waals surface area (Å²) in [5, 5.41) is 2.61. The minimum absolute atomic E-state index is 0.0280. The number of carbonyl (C=O) groups excluding carboxylic acids is 1. The highest BCUT2D eigenvalue weighted by atomic mass is 35.5. The normalized spacial score (nSPS) is 15.8. The molecule has 1 aliphatic heterocycles. The minimum atomic E-state index is -0.520. The SMILES string of the molecule is O=C(Nc1ccc(F)c(Cl)c1)N1CCSC1c1ccccc1OCc1ccccc1. The van der Waals surface area contributed by atoms with E-state index in [-0.39, 0.29) is 16.4 Å². The molecule has 154 valence electrons. The maximum absolute atomic E-state index is 13.4. The van der Waals surface area contributed by atoms with Gasteiger partial charge in [0.2, 0.25) is 0 Å². The van der Waals surface area contributed by atoms with Gasteiger partial charge in [0.25, 0.3) is 0 Å². The number of hydrogen-bond donors (Lipinski definition) is 1. The number of urea groups is 1. The van der Waals surface area contributed by atoms with Crippen molar-refractivity contribution in [2.45, 2.75) is 12.0 Å². The van der Waals surface area contributed by atoms with Crippen molar-refractivity contribution >= 4 is 35.1 Å². The summed E-state index contributed by atoms with van der Waals surface area (Å²) >= 11 is 7.51. The zero-order valence-corrected chi connectivity index (χ0v) is 17.6. The highest BCUT2D eigenvalue weighted by molar-refractivity contribution is 7.99. The third kappa shape index (κ3) is 4.71. The molecule has 1 N–H and O–H groups in total. The highest BCUT2D eigenvalue weighted by Gasteiger charge is 2.32. The number of rotatable bonds is 5. The Balaban J connectivity index is 1.50. The monoisotopic (exact) mass is 442 g/mol. The number of nitrogens with zero attached hydrogens (tertiary/aromatic N) is 1. The summed E-state index contributed by atoms with van der Waals surface area (Å²) in [5.41, 5.74) is 2.48. The molecular formula is C23H20ClFN2O2S. The number of para-hydroxylation sites is 1. The van der Waals surface area contributed by atoms with Crippen LogP contribution in [0.5, 0.6) is 5.75 Å². The molecule has 3 aromatic carbocycles. The van der Waals surface area contributed by atoms with E-state index < -0.39 is 5.82 Å². The Bertz CT molecular complexity index is 1030. The lowest BCUT2D eigenvalue weighted by atomic mass is 10.1. The first-order valence-electron chi connectivity index (χ1n) is 9.52. The number of amides is 2. The first-order chi connectivity index (χ1) is 14.6. The zero-order chi connectivity index (χ0) is 20.9. The van der Waals surface area contributed by atoms with E-state index in [1.54, 1.807) is 16.7 Å². The van der Waals surface area contributed by atoms with E-state index in [0.717, 1.165) is 22.6 Å². The van der Waals surface area contributed by atoms with Crippen LogP contribution in [0.4, 0.5) is 14.9 Å². The van der Waals surface area contributed by atoms with Crippen LogP contribution in [0, 0.1) is 5.82 Å². The van der Waals surface area contributed by atoms with E-state index in [0.29, 0.717) is 18.8 Å². The van der Waals surface area contributed by atoms with Gasteiger partial charge in [-0.05, 0) is 29.8 Å². The predicted molar refractivity (Wildman–Crippen MR) is 120 cm³/mol. The van der Waals surface area contributed by atoms with Crippen LogP contribution in [-0.2, 0) is 6.61 Å². The van der Waals surface area contributed by atoms with Gasteiger partial charge in [-0.15, -0.1) is 11.8 Å². The number of benzene rings is 3. The molecule has 1 fully saturated rings. The van der Waals surface area contributed by atoms with Gasteiger partial charge < -0.3 is 15.0 Å². The second-order valence-electron chi connectivity index (χ2n) is 6.79. The fourth-order valence-electron chi connectivity index (χ4n) is 3.26. The van der Waals surface area contributed by atoms with Crippen molar-refractivity contribution in [2.75, 3.05) is 17.6 Å². The number of thioether (sulfide) groups is 1. The first kappa shape index (κ1) is 20.6. The standard InChI is InChI=1S/C23H20ClFN2O2S/c24-19-14-17(10-11-20(19)25)26-23(28)27-12-13-30-22(27)18-8-4-5-9-21(18)29-15-16-6-2-1-3-7-16/h1-11,14,22H,12-13,15H2,(H,26,28). The summed E-state index contributed by atoms with van der Waals surface area (Å²) in [5.74, 6) is 1.05. The van der Waals surface area contributed by atoms with Crippen LogP contribution in [0.2, 0.25) is 5.02 Å². The van der Waals surface area contributed by atoms with Gasteiger partial charge in [-0.2, -0.15) is 0 Å². The second-order valence-corrected chi connectivity index (χ2v) is 8.38. The topological polar surface area (TPSA) is 41.6 Å². The highest BCUT2D eigenvalue weighted by Crippen LogP contribution is 2.42. The van der Waals surface area contributed by atoms with Crippen molar-refractivity contribution in [1.82, 2.24) is 4.90 Å². The molecule has 4 rings (SSSR count). The fourth-order valence-corrected chi connectivity index (χ4v) is 4.72. The molecule has 1 atom stereocenters. The van der Waals surface area contributed by atoms with Gasteiger partial charge in [0.15, 0.2) is 0 Å². The van der Waals surface area contributed by atoms with Gasteiger partial charge in [-0.1, -0.05) is 60.1 Å². The molecule has 2 amide bonds. The van der Waals surface area contributed by atoms with Crippen LogP contribution < -0.4 is 10.1 Å². The molecule has 30 heavy (non-hydrogen) atoms. The number of ether oxygens (including phenoxy) is 1. The number of anilines is 1. The molecule has 1 heterocycles. The maximum Gasteiger partial charge on any atom is 0.323 e. The van der Waals surface area contributed by atoms with Crippen LogP contribution in [0.15, 0.2) is 72.8 Å². The van der Waals surface area contributed by atoms with Gasteiger partial charge in [0.05, 0.1) is 5.02 Å². The van der Waals surface area contributed by atoms with Crippen molar-refractivity contribution in [2.24, 2.45) is 0 Å². The third-order valence-corrected chi connectivity index (χ3v) is 6.28. The summed E-state index contributed by atoms with van der Waals surface area (Å²) in [4.78, 5) is 14.7. The summed E-state index contributed by atoms with van der Waals surface area (Å²) < 4.78 is 19.5. The molecule has 1 aliphatic rings. The van der Waals surface area contributed by atoms with Crippen LogP contribution in [0.25, 0.3) is 0 Å². The Kier molecular flexibility index (Phi) is 6.45. The van der Waals surface area contributed by atoms with E-state index in [2.05, 4.69) is 5.32 Å². The van der Waals surface area contributed by atoms with Crippen molar-refractivity contribution in [3.8, 4) is 5.75 Å². The Labute approximate surface area is 184 Å². The lowest BCUT2D eigenvalue weighted by Gasteiger charge is -2.26. The van der Waals surface area contributed by atoms with Gasteiger partial charge in [-0.3, -0.25) is 0 Å². The first-order valence-corrected chi connectivity index (χ1v) is 10.9. The molecule has 4 nitrogen and oxygen atoms in total. The summed E-state index contributed by atoms with van der Waals surface area (Å²) in [7, 11) is 0. The number of nitrogens with one attached hydrogen (secondary N) is 1. The largest absolute Gasteiger partial charge is 0.489 e. The number of halogens is 2. The molecule has 0 aliphatic carbocycles. The number of carbonyl (C=O) groups is 1. The van der Waals surface area contributed by atoms with Gasteiger partial charge in [0, 0.05) is 23.5 Å². The van der Waals surface area contributed by atoms with Crippen LogP contribution >= 0.6 is 23.4 Å². The van der Waals surface area contributed by atoms with Crippen molar-refractivity contribution in [3.63, 3.8) is 0 Å². The Morgan fingerprint density at radius 3 is 2.70 bits per heavy atom. The van der Waals surface area contributed by atoms with Crippen LogP contribution in [0.3, 0.4) is 0 Å². The zero-order valence-electron chi connectivity index (χ0n) is 16.1. The van der Waals surface area contributed by atoms with E-state index in [4.69, 9.17) is 16.3 Å². The predicted octanol–water partition coefficient (Wildman–Crippen LogP) is 6.34. The van der Waals surface area contributed by atoms with E-state index in [1.807, 2.05) is 54.6 Å². The second kappa shape index (κ2) is 9.41. The average Bonchev–Trinajstić information content (AvgIpc) is 3.26. The van der Waals surface area contributed by atoms with Crippen molar-refractivity contribution in [3.05, 3.63) is 94.8 Å². The molecule has 7 heteroatoms. The van der Waals surface area contributed by atoms with Gasteiger partial charge in [0.1, 0.15) is 23.5 Å². The minimum Gasteiger partial charge on any atom is -0.489 e. The summed E-state index contributed by atoms with van der Waals surface area (Å²) in [6.45, 7) is 1.05. The van der Waals surface area contributed by atoms with Gasteiger partial charge >= 0.3 is 6.03 Å². The number of hydrogen-bond acceptors (Lipinski definition) is 3. The van der Waals surface area contributed by atoms with Crippen molar-refractivity contribution in [1.29, 1.82) is 0 Å². The molecule has 1 saturated heterocycles. The van der Waals surface area contributed by atoms with E-state index in [9.17, 15) is 9.18 Å². The third-order valence-electron chi connectivity index (χ3n) is 4.74. The van der Waals surface area contributed by atoms with E-state index >= 15 is 0 Å². The molecule has 1 unspecified atom stereocenters. The lowest BCUT2D eigenvalue weighted by Crippen LogP contribution is -2.34. The van der Waals surface area contributed by atoms with Crippen molar-refractivity contribution < 1.29 is 13.9 Å². The molecular weight excluding hydrogens is 423 g/mol. The fraction of sp³-hybridized carbons (Fsp3) is 0.174.